The number of fused-ring (bicyclic) bond motifs is 1. The standard InChI is InChI=1S/C13H25N3/c1-10(2)13-8-15-4-5-16(9-13)7-12(3,6-15)11(13)14/h10-11H,4-9,14H2,1-3H3. The van der Waals surface area contributed by atoms with Gasteiger partial charge < -0.3 is 15.5 Å². The van der Waals surface area contributed by atoms with Gasteiger partial charge in [-0.25, -0.2) is 0 Å². The van der Waals surface area contributed by atoms with E-state index in [-0.39, 0.29) is 0 Å². The Kier molecular flexibility index (Phi) is 2.21. The van der Waals surface area contributed by atoms with Crippen molar-refractivity contribution in [2.75, 3.05) is 39.3 Å². The van der Waals surface area contributed by atoms with E-state index in [2.05, 4.69) is 30.6 Å². The monoisotopic (exact) mass is 223 g/mol. The van der Waals surface area contributed by atoms with Crippen molar-refractivity contribution >= 4 is 0 Å². The largest absolute Gasteiger partial charge is 0.327 e. The fourth-order valence-electron chi connectivity index (χ4n) is 4.48. The van der Waals surface area contributed by atoms with Crippen LogP contribution in [0.4, 0.5) is 0 Å². The molecule has 3 unspecified atom stereocenters. The molecule has 2 N–H and O–H groups in total. The van der Waals surface area contributed by atoms with E-state index in [1.807, 2.05) is 0 Å². The third kappa shape index (κ3) is 1.25. The van der Waals surface area contributed by atoms with Crippen molar-refractivity contribution in [3.63, 3.8) is 0 Å². The normalized spacial score (nSPS) is 55.7. The lowest BCUT2D eigenvalue weighted by molar-refractivity contribution is -0.0926. The lowest BCUT2D eigenvalue weighted by Crippen LogP contribution is -2.72. The first-order valence-corrected chi connectivity index (χ1v) is 6.67. The second kappa shape index (κ2) is 3.21. The average Bonchev–Trinajstić information content (AvgIpc) is 2.41. The Balaban J connectivity index is 2.06. The third-order valence-electron chi connectivity index (χ3n) is 5.46. The van der Waals surface area contributed by atoms with E-state index in [4.69, 9.17) is 5.73 Å². The van der Waals surface area contributed by atoms with Crippen LogP contribution >= 0.6 is 0 Å². The van der Waals surface area contributed by atoms with E-state index >= 15 is 0 Å². The summed E-state index contributed by atoms with van der Waals surface area (Å²) in [7, 11) is 0. The summed E-state index contributed by atoms with van der Waals surface area (Å²) in [6.07, 6.45) is 0. The zero-order chi connectivity index (χ0) is 11.6. The van der Waals surface area contributed by atoms with E-state index in [1.165, 1.54) is 39.3 Å². The maximum atomic E-state index is 6.65. The second-order valence-corrected chi connectivity index (χ2v) is 6.94. The molecule has 4 rings (SSSR count). The number of hydrogen-bond donors (Lipinski definition) is 1. The van der Waals surface area contributed by atoms with Crippen LogP contribution in [-0.4, -0.2) is 55.1 Å². The van der Waals surface area contributed by atoms with Crippen molar-refractivity contribution in [2.24, 2.45) is 22.5 Å². The molecule has 4 aliphatic heterocycles. The highest BCUT2D eigenvalue weighted by Gasteiger charge is 2.58. The predicted molar refractivity (Wildman–Crippen MR) is 66.2 cm³/mol. The van der Waals surface area contributed by atoms with Crippen LogP contribution in [0, 0.1) is 16.7 Å². The van der Waals surface area contributed by atoms with Gasteiger partial charge in [0.15, 0.2) is 0 Å². The van der Waals surface area contributed by atoms with Gasteiger partial charge in [-0.3, -0.25) is 0 Å². The molecule has 4 heterocycles. The van der Waals surface area contributed by atoms with Crippen LogP contribution in [0.15, 0.2) is 0 Å². The summed E-state index contributed by atoms with van der Waals surface area (Å²) < 4.78 is 0. The maximum Gasteiger partial charge on any atom is 0.0202 e. The molecule has 4 aliphatic rings. The predicted octanol–water partition coefficient (Wildman–Crippen LogP) is 0.607. The van der Waals surface area contributed by atoms with Gasteiger partial charge in [-0.1, -0.05) is 20.8 Å². The minimum atomic E-state index is 0.317. The highest BCUT2D eigenvalue weighted by atomic mass is 15.3. The Morgan fingerprint density at radius 3 is 2.00 bits per heavy atom. The summed E-state index contributed by atoms with van der Waals surface area (Å²) >= 11 is 0. The van der Waals surface area contributed by atoms with Crippen LogP contribution in [0.3, 0.4) is 0 Å². The summed E-state index contributed by atoms with van der Waals surface area (Å²) in [4.78, 5) is 5.33. The van der Waals surface area contributed by atoms with Crippen LogP contribution in [0.25, 0.3) is 0 Å². The molecular weight excluding hydrogens is 198 g/mol. The molecule has 3 atom stereocenters. The Morgan fingerprint density at radius 1 is 1.06 bits per heavy atom. The third-order valence-corrected chi connectivity index (χ3v) is 5.46. The lowest BCUT2D eigenvalue weighted by Gasteiger charge is -2.61. The van der Waals surface area contributed by atoms with E-state index in [9.17, 15) is 0 Å². The average molecular weight is 223 g/mol. The van der Waals surface area contributed by atoms with Crippen molar-refractivity contribution in [1.29, 1.82) is 0 Å². The Hall–Kier alpha value is -0.120. The van der Waals surface area contributed by atoms with Gasteiger partial charge in [-0.05, 0) is 5.92 Å². The number of nitrogens with two attached hydrogens (primary N) is 1. The summed E-state index contributed by atoms with van der Waals surface area (Å²) in [5.41, 5.74) is 7.31. The fourth-order valence-corrected chi connectivity index (χ4v) is 4.48. The molecule has 16 heavy (non-hydrogen) atoms. The zero-order valence-corrected chi connectivity index (χ0v) is 10.9. The van der Waals surface area contributed by atoms with Crippen molar-refractivity contribution < 1.29 is 0 Å². The Bertz CT molecular complexity index is 284. The van der Waals surface area contributed by atoms with Crippen molar-refractivity contribution in [3.8, 4) is 0 Å². The Morgan fingerprint density at radius 2 is 1.56 bits per heavy atom. The molecule has 0 aromatic carbocycles. The van der Waals surface area contributed by atoms with Crippen LogP contribution in [0.1, 0.15) is 20.8 Å². The molecule has 0 saturated carbocycles. The van der Waals surface area contributed by atoms with Crippen LogP contribution < -0.4 is 5.73 Å². The smallest absolute Gasteiger partial charge is 0.0202 e. The quantitative estimate of drug-likeness (QED) is 0.707. The molecule has 0 aromatic heterocycles. The van der Waals surface area contributed by atoms with Gasteiger partial charge in [0.05, 0.1) is 0 Å². The second-order valence-electron chi connectivity index (χ2n) is 6.94. The first-order chi connectivity index (χ1) is 7.46. The molecule has 0 spiro atoms. The van der Waals surface area contributed by atoms with Gasteiger partial charge in [-0.15, -0.1) is 0 Å². The van der Waals surface area contributed by atoms with Gasteiger partial charge in [-0.2, -0.15) is 0 Å². The Labute approximate surface area is 99.0 Å². The molecule has 0 amide bonds. The van der Waals surface area contributed by atoms with Crippen LogP contribution in [0.2, 0.25) is 0 Å². The SMILES string of the molecule is CC(C)C12CN3CCN(CC(C)(C3)C1N)C2. The van der Waals surface area contributed by atoms with E-state index in [0.29, 0.717) is 22.8 Å². The zero-order valence-electron chi connectivity index (χ0n) is 10.9. The van der Waals surface area contributed by atoms with Gasteiger partial charge in [0.1, 0.15) is 0 Å². The summed E-state index contributed by atoms with van der Waals surface area (Å²) in [6, 6.07) is 0.380. The molecule has 0 radical (unpaired) electrons. The first-order valence-electron chi connectivity index (χ1n) is 6.67. The molecule has 0 aliphatic carbocycles. The maximum absolute atomic E-state index is 6.65. The van der Waals surface area contributed by atoms with E-state index in [0.717, 1.165) is 0 Å². The van der Waals surface area contributed by atoms with Gasteiger partial charge >= 0.3 is 0 Å². The topological polar surface area (TPSA) is 32.5 Å². The minimum Gasteiger partial charge on any atom is -0.327 e. The highest BCUT2D eigenvalue weighted by Crippen LogP contribution is 2.49. The van der Waals surface area contributed by atoms with Gasteiger partial charge in [0.2, 0.25) is 0 Å². The summed E-state index contributed by atoms with van der Waals surface area (Å²) in [5.74, 6) is 0.686. The molecule has 4 bridgehead atoms. The lowest BCUT2D eigenvalue weighted by atomic mass is 9.57. The number of hydrogen-bond acceptors (Lipinski definition) is 3. The number of nitrogens with zero attached hydrogens (tertiary/aromatic N) is 2. The number of rotatable bonds is 1. The highest BCUT2D eigenvalue weighted by molar-refractivity contribution is 5.13. The fraction of sp³-hybridized carbons (Fsp3) is 1.00. The molecule has 3 heteroatoms. The van der Waals surface area contributed by atoms with E-state index < -0.39 is 0 Å². The minimum absolute atomic E-state index is 0.317. The molecule has 4 fully saturated rings. The van der Waals surface area contributed by atoms with Crippen LogP contribution in [-0.2, 0) is 0 Å². The molecule has 0 aromatic rings. The first kappa shape index (κ1) is 11.0. The van der Waals surface area contributed by atoms with E-state index in [1.54, 1.807) is 0 Å². The van der Waals surface area contributed by atoms with Crippen LogP contribution in [0.5, 0.6) is 0 Å². The van der Waals surface area contributed by atoms with Gasteiger partial charge in [0, 0.05) is 56.1 Å². The molecular formula is C13H25N3. The molecule has 3 nitrogen and oxygen atoms in total. The van der Waals surface area contributed by atoms with Crippen molar-refractivity contribution in [3.05, 3.63) is 0 Å². The summed E-state index contributed by atoms with van der Waals surface area (Å²) in [6.45, 7) is 14.5. The molecule has 4 saturated heterocycles. The van der Waals surface area contributed by atoms with Crippen molar-refractivity contribution in [2.45, 2.75) is 26.8 Å². The number of piperidine rings is 2. The van der Waals surface area contributed by atoms with Crippen molar-refractivity contribution in [1.82, 2.24) is 9.80 Å². The van der Waals surface area contributed by atoms with Gasteiger partial charge in [0.25, 0.3) is 0 Å². The molecule has 92 valence electrons. The summed E-state index contributed by atoms with van der Waals surface area (Å²) in [5, 5.41) is 0.